The van der Waals surface area contributed by atoms with Crippen molar-refractivity contribution in [3.63, 3.8) is 0 Å². The van der Waals surface area contributed by atoms with E-state index in [-0.39, 0.29) is 11.7 Å². The third-order valence-electron chi connectivity index (χ3n) is 3.01. The Morgan fingerprint density at radius 2 is 2.06 bits per heavy atom. The molecule has 0 aromatic heterocycles. The van der Waals surface area contributed by atoms with Crippen molar-refractivity contribution in [1.29, 1.82) is 0 Å². The van der Waals surface area contributed by atoms with Crippen molar-refractivity contribution < 1.29 is 19.4 Å². The van der Waals surface area contributed by atoms with Gasteiger partial charge in [-0.15, -0.1) is 0 Å². The maximum Gasteiger partial charge on any atom is 0.195 e. The highest BCUT2D eigenvalue weighted by atomic mass is 16.5. The Bertz CT molecular complexity index is 423. The lowest BCUT2D eigenvalue weighted by Gasteiger charge is -2.12. The summed E-state index contributed by atoms with van der Waals surface area (Å²) >= 11 is 0. The third kappa shape index (κ3) is 2.42. The number of hydrogen-bond acceptors (Lipinski definition) is 4. The molecule has 4 heteroatoms. The second-order valence-corrected chi connectivity index (χ2v) is 4.21. The maximum absolute atomic E-state index is 12.1. The van der Waals surface area contributed by atoms with Crippen LogP contribution < -0.4 is 9.47 Å². The Hall–Kier alpha value is -1.55. The Morgan fingerprint density at radius 3 is 2.59 bits per heavy atom. The number of aliphatic hydroxyl groups is 1. The van der Waals surface area contributed by atoms with Crippen LogP contribution in [0, 0.1) is 5.92 Å². The van der Waals surface area contributed by atoms with Crippen LogP contribution in [0.5, 0.6) is 11.5 Å². The van der Waals surface area contributed by atoms with Crippen molar-refractivity contribution in [2.75, 3.05) is 14.2 Å². The van der Waals surface area contributed by atoms with Gasteiger partial charge in [-0.05, 0) is 37.0 Å². The molecule has 1 aliphatic rings. The van der Waals surface area contributed by atoms with Gasteiger partial charge in [0, 0.05) is 0 Å². The van der Waals surface area contributed by atoms with Crippen LogP contribution in [0.2, 0.25) is 0 Å². The number of hydrogen-bond donors (Lipinski definition) is 1. The number of ketones is 1. The van der Waals surface area contributed by atoms with E-state index in [0.717, 1.165) is 12.8 Å². The van der Waals surface area contributed by atoms with E-state index >= 15 is 0 Å². The van der Waals surface area contributed by atoms with E-state index < -0.39 is 6.10 Å². The number of rotatable bonds is 5. The van der Waals surface area contributed by atoms with Crippen LogP contribution in [0.1, 0.15) is 23.2 Å². The highest BCUT2D eigenvalue weighted by Gasteiger charge is 2.36. The predicted octanol–water partition coefficient (Wildman–Crippen LogP) is 1.66. The zero-order valence-corrected chi connectivity index (χ0v) is 9.97. The predicted molar refractivity (Wildman–Crippen MR) is 62.6 cm³/mol. The average Bonchev–Trinajstić information content (AvgIpc) is 3.20. The number of methoxy groups -OCH3 is 2. The molecule has 1 aliphatic carbocycles. The normalized spacial score (nSPS) is 16.4. The Morgan fingerprint density at radius 1 is 1.35 bits per heavy atom. The maximum atomic E-state index is 12.1. The van der Waals surface area contributed by atoms with Gasteiger partial charge in [0.15, 0.2) is 5.78 Å². The molecular formula is C13H16O4. The highest BCUT2D eigenvalue weighted by molar-refractivity contribution is 6.02. The molecule has 92 valence electrons. The van der Waals surface area contributed by atoms with Gasteiger partial charge in [0.1, 0.15) is 17.6 Å². The van der Waals surface area contributed by atoms with Gasteiger partial charge in [0.25, 0.3) is 0 Å². The van der Waals surface area contributed by atoms with Crippen LogP contribution in [0.4, 0.5) is 0 Å². The average molecular weight is 236 g/mol. The zero-order valence-electron chi connectivity index (χ0n) is 9.97. The summed E-state index contributed by atoms with van der Waals surface area (Å²) < 4.78 is 10.2. The summed E-state index contributed by atoms with van der Waals surface area (Å²) in [5, 5.41) is 9.85. The van der Waals surface area contributed by atoms with Gasteiger partial charge < -0.3 is 14.6 Å². The second-order valence-electron chi connectivity index (χ2n) is 4.21. The van der Waals surface area contributed by atoms with Gasteiger partial charge >= 0.3 is 0 Å². The van der Waals surface area contributed by atoms with E-state index in [0.29, 0.717) is 17.1 Å². The molecule has 0 bridgehead atoms. The molecule has 4 nitrogen and oxygen atoms in total. The molecular weight excluding hydrogens is 220 g/mol. The van der Waals surface area contributed by atoms with Crippen LogP contribution in [0.15, 0.2) is 18.2 Å². The summed E-state index contributed by atoms with van der Waals surface area (Å²) in [5.41, 5.74) is 0.381. The van der Waals surface area contributed by atoms with E-state index in [9.17, 15) is 9.90 Å². The number of aliphatic hydroxyl groups excluding tert-OH is 1. The van der Waals surface area contributed by atoms with E-state index in [4.69, 9.17) is 9.47 Å². The zero-order chi connectivity index (χ0) is 12.4. The first-order valence-corrected chi connectivity index (χ1v) is 5.61. The lowest BCUT2D eigenvalue weighted by Crippen LogP contribution is -2.23. The van der Waals surface area contributed by atoms with E-state index in [1.807, 2.05) is 0 Å². The minimum absolute atomic E-state index is 0.110. The standard InChI is InChI=1S/C13H16O4/c1-16-9-5-6-11(17-2)10(7-9)13(15)12(14)8-3-4-8/h5-8,12,14H,3-4H2,1-2H3. The van der Waals surface area contributed by atoms with Crippen molar-refractivity contribution in [3.05, 3.63) is 23.8 Å². The van der Waals surface area contributed by atoms with Gasteiger partial charge in [-0.1, -0.05) is 0 Å². The Kier molecular flexibility index (Phi) is 3.33. The molecule has 0 spiro atoms. The van der Waals surface area contributed by atoms with Crippen LogP contribution in [-0.2, 0) is 0 Å². The molecule has 1 unspecified atom stereocenters. The molecule has 0 heterocycles. The Labute approximate surface area is 100 Å². The molecule has 1 aromatic rings. The Balaban J connectivity index is 2.30. The van der Waals surface area contributed by atoms with Gasteiger partial charge in [-0.3, -0.25) is 4.79 Å². The molecule has 2 rings (SSSR count). The van der Waals surface area contributed by atoms with Gasteiger partial charge in [0.05, 0.1) is 19.8 Å². The molecule has 1 atom stereocenters. The molecule has 1 N–H and O–H groups in total. The third-order valence-corrected chi connectivity index (χ3v) is 3.01. The number of carbonyl (C=O) groups excluding carboxylic acids is 1. The molecule has 1 aromatic carbocycles. The molecule has 1 fully saturated rings. The fourth-order valence-corrected chi connectivity index (χ4v) is 1.79. The molecule has 0 saturated heterocycles. The van der Waals surface area contributed by atoms with Gasteiger partial charge in [-0.25, -0.2) is 0 Å². The van der Waals surface area contributed by atoms with Crippen LogP contribution in [-0.4, -0.2) is 31.2 Å². The highest BCUT2D eigenvalue weighted by Crippen LogP contribution is 2.35. The van der Waals surface area contributed by atoms with E-state index in [2.05, 4.69) is 0 Å². The summed E-state index contributed by atoms with van der Waals surface area (Å²) in [6.45, 7) is 0. The van der Waals surface area contributed by atoms with Crippen molar-refractivity contribution in [1.82, 2.24) is 0 Å². The van der Waals surface area contributed by atoms with Crippen molar-refractivity contribution >= 4 is 5.78 Å². The monoisotopic (exact) mass is 236 g/mol. The van der Waals surface area contributed by atoms with E-state index in [1.165, 1.54) is 14.2 Å². The van der Waals surface area contributed by atoms with Crippen molar-refractivity contribution in [3.8, 4) is 11.5 Å². The summed E-state index contributed by atoms with van der Waals surface area (Å²) in [4.78, 5) is 12.1. The number of Topliss-reactive ketones (excluding diaryl/α,β-unsaturated/α-hetero) is 1. The fraction of sp³-hybridized carbons (Fsp3) is 0.462. The first kappa shape index (κ1) is 11.9. The van der Waals surface area contributed by atoms with Crippen molar-refractivity contribution in [2.45, 2.75) is 18.9 Å². The second kappa shape index (κ2) is 4.75. The summed E-state index contributed by atoms with van der Waals surface area (Å²) in [6, 6.07) is 5.00. The van der Waals surface area contributed by atoms with Crippen LogP contribution in [0.25, 0.3) is 0 Å². The number of benzene rings is 1. The van der Waals surface area contributed by atoms with E-state index in [1.54, 1.807) is 18.2 Å². The van der Waals surface area contributed by atoms with Crippen molar-refractivity contribution in [2.24, 2.45) is 5.92 Å². The lowest BCUT2D eigenvalue weighted by molar-refractivity contribution is 0.0700. The lowest BCUT2D eigenvalue weighted by atomic mass is 10.0. The quantitative estimate of drug-likeness (QED) is 0.790. The van der Waals surface area contributed by atoms with Crippen LogP contribution in [0.3, 0.4) is 0 Å². The molecule has 17 heavy (non-hydrogen) atoms. The van der Waals surface area contributed by atoms with Crippen LogP contribution >= 0.6 is 0 Å². The summed E-state index contributed by atoms with van der Waals surface area (Å²) in [6.07, 6.45) is 0.911. The van der Waals surface area contributed by atoms with Gasteiger partial charge in [0.2, 0.25) is 0 Å². The molecule has 0 amide bonds. The summed E-state index contributed by atoms with van der Waals surface area (Å²) in [5.74, 6) is 0.870. The SMILES string of the molecule is COc1ccc(OC)c(C(=O)C(O)C2CC2)c1. The first-order valence-electron chi connectivity index (χ1n) is 5.61. The molecule has 0 aliphatic heterocycles. The minimum Gasteiger partial charge on any atom is -0.497 e. The first-order chi connectivity index (χ1) is 8.17. The molecule has 0 radical (unpaired) electrons. The topological polar surface area (TPSA) is 55.8 Å². The largest absolute Gasteiger partial charge is 0.497 e. The number of ether oxygens (including phenoxy) is 2. The smallest absolute Gasteiger partial charge is 0.195 e. The number of carbonyl (C=O) groups is 1. The van der Waals surface area contributed by atoms with Gasteiger partial charge in [-0.2, -0.15) is 0 Å². The minimum atomic E-state index is -0.920. The molecule has 1 saturated carbocycles. The summed E-state index contributed by atoms with van der Waals surface area (Å²) in [7, 11) is 3.04. The fourth-order valence-electron chi connectivity index (χ4n) is 1.79.